The van der Waals surface area contributed by atoms with Crippen molar-refractivity contribution in [1.29, 1.82) is 0 Å². The Kier molecular flexibility index (Phi) is 7.91. The molecule has 1 atom stereocenters. The zero-order valence-electron chi connectivity index (χ0n) is 19.7. The van der Waals surface area contributed by atoms with Crippen molar-refractivity contribution in [2.45, 2.75) is 32.5 Å². The highest BCUT2D eigenvalue weighted by molar-refractivity contribution is 5.70. The number of carbonyl (C=O) groups is 2. The molecule has 1 aromatic carbocycles. The Hall–Kier alpha value is -3.57. The van der Waals surface area contributed by atoms with Crippen LogP contribution >= 0.6 is 0 Å². The first kappa shape index (κ1) is 24.1. The molecule has 8 heteroatoms. The number of rotatable bonds is 7. The van der Waals surface area contributed by atoms with Gasteiger partial charge in [-0.25, -0.2) is 14.5 Å². The number of benzene rings is 1. The third-order valence-corrected chi connectivity index (χ3v) is 5.63. The van der Waals surface area contributed by atoms with Crippen molar-refractivity contribution in [3.05, 3.63) is 53.9 Å². The Labute approximate surface area is 195 Å². The smallest absolute Gasteiger partial charge is 0.410 e. The summed E-state index contributed by atoms with van der Waals surface area (Å²) in [5, 5.41) is 0. The quantitative estimate of drug-likeness (QED) is 0.478. The molecule has 0 saturated carbocycles. The van der Waals surface area contributed by atoms with Gasteiger partial charge in [0.15, 0.2) is 11.9 Å². The predicted molar refractivity (Wildman–Crippen MR) is 124 cm³/mol. The predicted octanol–water partition coefficient (Wildman–Crippen LogP) is 3.07. The van der Waals surface area contributed by atoms with Crippen LogP contribution in [0.5, 0.6) is 11.5 Å². The minimum atomic E-state index is -0.402. The molecule has 0 radical (unpaired) electrons. The highest BCUT2D eigenvalue weighted by Gasteiger charge is 2.30. The molecule has 1 aliphatic carbocycles. The molecule has 0 fully saturated rings. The first-order chi connectivity index (χ1) is 15.8. The number of aryl methyl sites for hydroxylation is 1. The summed E-state index contributed by atoms with van der Waals surface area (Å²) in [6, 6.07) is 9.51. The molecule has 8 nitrogen and oxygen atoms in total. The van der Waals surface area contributed by atoms with Gasteiger partial charge in [0.25, 0.3) is 0 Å². The van der Waals surface area contributed by atoms with Crippen LogP contribution < -0.4 is 14.0 Å². The van der Waals surface area contributed by atoms with Crippen LogP contribution in [-0.2, 0) is 13.1 Å². The van der Waals surface area contributed by atoms with Crippen molar-refractivity contribution in [3.63, 3.8) is 0 Å². The standard InChI is InChI=1S/C25H31N4O4/c1-6-14-29(18-28-15-8-9-21(17-28)33-25(31)27(5)7-2)23-13-10-19-16-20(11-12-22(19)23)32-24(30)26(3)4/h1,8-9,11-12,15-17,23H,7,10,13-14,18H2,2-5H3/q+1/t23-/m1/s1. The summed E-state index contributed by atoms with van der Waals surface area (Å²) in [5.41, 5.74) is 2.34. The first-order valence-corrected chi connectivity index (χ1v) is 10.9. The third-order valence-electron chi connectivity index (χ3n) is 5.63. The molecule has 33 heavy (non-hydrogen) atoms. The second-order valence-electron chi connectivity index (χ2n) is 8.21. The molecule has 0 N–H and O–H groups in total. The molecule has 0 bridgehead atoms. The third kappa shape index (κ3) is 6.02. The van der Waals surface area contributed by atoms with Crippen LogP contribution in [0.15, 0.2) is 42.7 Å². The average Bonchev–Trinajstić information content (AvgIpc) is 3.21. The van der Waals surface area contributed by atoms with E-state index < -0.39 is 12.2 Å². The number of pyridine rings is 1. The lowest BCUT2D eigenvalue weighted by Gasteiger charge is -2.25. The highest BCUT2D eigenvalue weighted by atomic mass is 16.6. The van der Waals surface area contributed by atoms with Crippen LogP contribution in [0.2, 0.25) is 0 Å². The summed E-state index contributed by atoms with van der Waals surface area (Å²) in [4.78, 5) is 29.0. The maximum atomic E-state index is 12.1. The van der Waals surface area contributed by atoms with E-state index in [2.05, 4.69) is 10.8 Å². The summed E-state index contributed by atoms with van der Waals surface area (Å²) < 4.78 is 12.8. The minimum Gasteiger partial charge on any atom is -0.410 e. The number of fused-ring (bicyclic) bond motifs is 1. The van der Waals surface area contributed by atoms with E-state index in [9.17, 15) is 9.59 Å². The maximum Gasteiger partial charge on any atom is 0.415 e. The topological polar surface area (TPSA) is 66.2 Å². The fraction of sp³-hybridized carbons (Fsp3) is 0.400. The number of hydrogen-bond acceptors (Lipinski definition) is 5. The van der Waals surface area contributed by atoms with E-state index in [1.807, 2.05) is 42.0 Å². The molecule has 1 aromatic heterocycles. The van der Waals surface area contributed by atoms with Crippen LogP contribution in [-0.4, -0.2) is 61.1 Å². The molecule has 2 amide bonds. The number of carbonyl (C=O) groups excluding carboxylic acids is 2. The first-order valence-electron chi connectivity index (χ1n) is 10.9. The highest BCUT2D eigenvalue weighted by Crippen LogP contribution is 2.37. The van der Waals surface area contributed by atoms with Gasteiger partial charge in [-0.3, -0.25) is 0 Å². The van der Waals surface area contributed by atoms with E-state index in [0.717, 1.165) is 18.4 Å². The van der Waals surface area contributed by atoms with Crippen LogP contribution in [0.25, 0.3) is 0 Å². The van der Waals surface area contributed by atoms with Crippen molar-refractivity contribution >= 4 is 12.2 Å². The molecular formula is C25H31N4O4+. The Balaban J connectivity index is 1.75. The number of nitrogens with zero attached hydrogens (tertiary/aromatic N) is 4. The monoisotopic (exact) mass is 451 g/mol. The SMILES string of the molecule is C#CCN(C[n+]1cccc(OC(=O)N(C)CC)c1)[C@@H]1CCc2cc(OC(=O)N(C)C)ccc21. The molecular weight excluding hydrogens is 420 g/mol. The van der Waals surface area contributed by atoms with E-state index in [1.54, 1.807) is 33.4 Å². The molecule has 174 valence electrons. The van der Waals surface area contributed by atoms with Gasteiger partial charge in [-0.1, -0.05) is 12.0 Å². The normalized spacial score (nSPS) is 14.4. The Morgan fingerprint density at radius 3 is 2.61 bits per heavy atom. The second kappa shape index (κ2) is 10.8. The number of aromatic nitrogens is 1. The zero-order chi connectivity index (χ0) is 24.0. The molecule has 0 spiro atoms. The number of amides is 2. The minimum absolute atomic E-state index is 0.139. The van der Waals surface area contributed by atoms with Gasteiger partial charge < -0.3 is 19.3 Å². The largest absolute Gasteiger partial charge is 0.415 e. The molecule has 0 aliphatic heterocycles. The molecule has 1 heterocycles. The Morgan fingerprint density at radius 1 is 1.15 bits per heavy atom. The van der Waals surface area contributed by atoms with Crippen molar-refractivity contribution in [2.75, 3.05) is 34.2 Å². The lowest BCUT2D eigenvalue weighted by atomic mass is 10.1. The summed E-state index contributed by atoms with van der Waals surface area (Å²) in [5.74, 6) is 3.77. The Bertz CT molecular complexity index is 1050. The Morgan fingerprint density at radius 2 is 1.91 bits per heavy atom. The number of ether oxygens (including phenoxy) is 2. The van der Waals surface area contributed by atoms with Gasteiger partial charge in [-0.2, -0.15) is 4.57 Å². The number of hydrogen-bond donors (Lipinski definition) is 0. The average molecular weight is 452 g/mol. The molecule has 2 aromatic rings. The van der Waals surface area contributed by atoms with Crippen molar-refractivity contribution in [3.8, 4) is 23.8 Å². The number of terminal acetylenes is 1. The van der Waals surface area contributed by atoms with Crippen molar-refractivity contribution < 1.29 is 23.6 Å². The molecule has 0 unspecified atom stereocenters. The van der Waals surface area contributed by atoms with Crippen molar-refractivity contribution in [2.24, 2.45) is 0 Å². The molecule has 3 rings (SSSR count). The van der Waals surface area contributed by atoms with Gasteiger partial charge >= 0.3 is 12.2 Å². The summed E-state index contributed by atoms with van der Waals surface area (Å²) >= 11 is 0. The van der Waals surface area contributed by atoms with Gasteiger partial charge in [0, 0.05) is 39.8 Å². The van der Waals surface area contributed by atoms with E-state index in [1.165, 1.54) is 15.4 Å². The van der Waals surface area contributed by atoms with Crippen LogP contribution in [0.1, 0.15) is 30.5 Å². The molecule has 1 aliphatic rings. The van der Waals surface area contributed by atoms with Gasteiger partial charge in [0.05, 0.1) is 6.54 Å². The van der Waals surface area contributed by atoms with E-state index in [-0.39, 0.29) is 6.04 Å². The van der Waals surface area contributed by atoms with Crippen LogP contribution in [0.3, 0.4) is 0 Å². The van der Waals surface area contributed by atoms with Crippen molar-refractivity contribution in [1.82, 2.24) is 14.7 Å². The van der Waals surface area contributed by atoms with Crippen LogP contribution in [0, 0.1) is 12.3 Å². The van der Waals surface area contributed by atoms with Gasteiger partial charge in [0.1, 0.15) is 5.75 Å². The maximum absolute atomic E-state index is 12.1. The van der Waals surface area contributed by atoms with Crippen LogP contribution in [0.4, 0.5) is 9.59 Å². The van der Waals surface area contributed by atoms with E-state index in [4.69, 9.17) is 15.9 Å². The molecule has 0 saturated heterocycles. The van der Waals surface area contributed by atoms with Gasteiger partial charge in [0.2, 0.25) is 12.9 Å². The fourth-order valence-corrected chi connectivity index (χ4v) is 3.75. The zero-order valence-corrected chi connectivity index (χ0v) is 19.7. The van der Waals surface area contributed by atoms with E-state index >= 15 is 0 Å². The lowest BCUT2D eigenvalue weighted by Crippen LogP contribution is -2.45. The lowest BCUT2D eigenvalue weighted by molar-refractivity contribution is -0.717. The second-order valence-corrected chi connectivity index (χ2v) is 8.21. The van der Waals surface area contributed by atoms with Gasteiger partial charge in [-0.15, -0.1) is 6.42 Å². The fourth-order valence-electron chi connectivity index (χ4n) is 3.75. The summed E-state index contributed by atoms with van der Waals surface area (Å²) in [7, 11) is 5.00. The summed E-state index contributed by atoms with van der Waals surface area (Å²) in [6.45, 7) is 3.47. The van der Waals surface area contributed by atoms with E-state index in [0.29, 0.717) is 31.3 Å². The van der Waals surface area contributed by atoms with Gasteiger partial charge in [-0.05, 0) is 49.1 Å². The summed E-state index contributed by atoms with van der Waals surface area (Å²) in [6.07, 6.45) is 10.4.